The summed E-state index contributed by atoms with van der Waals surface area (Å²) in [6.07, 6.45) is 0. The van der Waals surface area contributed by atoms with Crippen LogP contribution in [0.15, 0.2) is 60.7 Å². The van der Waals surface area contributed by atoms with Gasteiger partial charge in [0.15, 0.2) is 0 Å². The standard InChI is InChI=1S/C15H16N2O2/c16-15(19)14(12-7-3-1-4-8-12)17(11-18)13-9-5-2-6-10-13/h1-10,14,18H,11H2,(H2,16,19). The summed E-state index contributed by atoms with van der Waals surface area (Å²) in [7, 11) is 0. The third-order valence-corrected chi connectivity index (χ3v) is 2.94. The molecule has 0 radical (unpaired) electrons. The van der Waals surface area contributed by atoms with Crippen LogP contribution in [0.4, 0.5) is 5.69 Å². The number of para-hydroxylation sites is 1. The number of hydrogen-bond donors (Lipinski definition) is 2. The van der Waals surface area contributed by atoms with Crippen molar-refractivity contribution in [3.05, 3.63) is 66.2 Å². The second-order valence-electron chi connectivity index (χ2n) is 4.16. The van der Waals surface area contributed by atoms with E-state index in [4.69, 9.17) is 5.73 Å². The molecule has 4 nitrogen and oxygen atoms in total. The van der Waals surface area contributed by atoms with Gasteiger partial charge in [0.2, 0.25) is 5.91 Å². The summed E-state index contributed by atoms with van der Waals surface area (Å²) in [4.78, 5) is 13.3. The number of carbonyl (C=O) groups is 1. The van der Waals surface area contributed by atoms with Crippen LogP contribution < -0.4 is 10.6 Å². The Kier molecular flexibility index (Phi) is 4.15. The third-order valence-electron chi connectivity index (χ3n) is 2.94. The lowest BCUT2D eigenvalue weighted by Crippen LogP contribution is -2.38. The lowest BCUT2D eigenvalue weighted by Gasteiger charge is -2.30. The Bertz CT molecular complexity index is 528. The van der Waals surface area contributed by atoms with Crippen LogP contribution >= 0.6 is 0 Å². The summed E-state index contributed by atoms with van der Waals surface area (Å²) in [6, 6.07) is 17.7. The predicted octanol–water partition coefficient (Wildman–Crippen LogP) is 1.67. The molecule has 98 valence electrons. The molecule has 0 saturated heterocycles. The number of anilines is 1. The van der Waals surface area contributed by atoms with Crippen LogP contribution in [-0.4, -0.2) is 17.7 Å². The van der Waals surface area contributed by atoms with Gasteiger partial charge in [-0.1, -0.05) is 48.5 Å². The fraction of sp³-hybridized carbons (Fsp3) is 0.133. The van der Waals surface area contributed by atoms with Crippen molar-refractivity contribution >= 4 is 11.6 Å². The Labute approximate surface area is 112 Å². The van der Waals surface area contributed by atoms with Gasteiger partial charge >= 0.3 is 0 Å². The van der Waals surface area contributed by atoms with Gasteiger partial charge in [0, 0.05) is 5.69 Å². The zero-order valence-corrected chi connectivity index (χ0v) is 10.4. The van der Waals surface area contributed by atoms with Gasteiger partial charge in [0.25, 0.3) is 0 Å². The van der Waals surface area contributed by atoms with Crippen molar-refractivity contribution < 1.29 is 9.90 Å². The number of benzene rings is 2. The Morgan fingerprint density at radius 3 is 2.05 bits per heavy atom. The largest absolute Gasteiger partial charge is 0.376 e. The van der Waals surface area contributed by atoms with E-state index >= 15 is 0 Å². The van der Waals surface area contributed by atoms with Gasteiger partial charge in [-0.2, -0.15) is 0 Å². The highest BCUT2D eigenvalue weighted by Gasteiger charge is 2.25. The molecular formula is C15H16N2O2. The van der Waals surface area contributed by atoms with Crippen LogP contribution in [0.3, 0.4) is 0 Å². The monoisotopic (exact) mass is 256 g/mol. The zero-order valence-electron chi connectivity index (χ0n) is 10.4. The summed E-state index contributed by atoms with van der Waals surface area (Å²) in [5.74, 6) is -0.496. The van der Waals surface area contributed by atoms with E-state index in [0.29, 0.717) is 0 Å². The molecule has 0 fully saturated rings. The number of rotatable bonds is 5. The third kappa shape index (κ3) is 2.92. The molecule has 2 rings (SSSR count). The lowest BCUT2D eigenvalue weighted by molar-refractivity contribution is -0.119. The van der Waals surface area contributed by atoms with E-state index in [9.17, 15) is 9.90 Å². The van der Waals surface area contributed by atoms with E-state index in [-0.39, 0.29) is 6.73 Å². The maximum Gasteiger partial charge on any atom is 0.244 e. The highest BCUT2D eigenvalue weighted by atomic mass is 16.3. The number of nitrogens with zero attached hydrogens (tertiary/aromatic N) is 1. The smallest absolute Gasteiger partial charge is 0.244 e. The fourth-order valence-corrected chi connectivity index (χ4v) is 2.06. The van der Waals surface area contributed by atoms with Gasteiger partial charge in [0.1, 0.15) is 12.8 Å². The molecule has 0 aliphatic rings. The van der Waals surface area contributed by atoms with E-state index in [1.165, 1.54) is 0 Å². The minimum atomic E-state index is -0.686. The number of carbonyl (C=O) groups excluding carboxylic acids is 1. The Morgan fingerprint density at radius 1 is 1.05 bits per heavy atom. The first-order valence-electron chi connectivity index (χ1n) is 6.01. The van der Waals surface area contributed by atoms with Crippen molar-refractivity contribution in [2.24, 2.45) is 5.73 Å². The average molecular weight is 256 g/mol. The van der Waals surface area contributed by atoms with Crippen LogP contribution in [0.1, 0.15) is 11.6 Å². The second kappa shape index (κ2) is 6.02. The van der Waals surface area contributed by atoms with E-state index in [1.807, 2.05) is 60.7 Å². The van der Waals surface area contributed by atoms with Gasteiger partial charge in [-0.25, -0.2) is 0 Å². The predicted molar refractivity (Wildman–Crippen MR) is 74.4 cm³/mol. The van der Waals surface area contributed by atoms with Gasteiger partial charge in [-0.15, -0.1) is 0 Å². The number of nitrogens with two attached hydrogens (primary N) is 1. The molecule has 0 bridgehead atoms. The highest BCUT2D eigenvalue weighted by molar-refractivity contribution is 5.85. The summed E-state index contributed by atoms with van der Waals surface area (Å²) in [6.45, 7) is -0.285. The molecule has 0 spiro atoms. The van der Waals surface area contributed by atoms with Crippen LogP contribution in [0.5, 0.6) is 0 Å². The molecule has 0 heterocycles. The maximum atomic E-state index is 11.7. The molecule has 1 atom stereocenters. The fourth-order valence-electron chi connectivity index (χ4n) is 2.06. The first-order valence-corrected chi connectivity index (χ1v) is 6.01. The zero-order chi connectivity index (χ0) is 13.7. The number of aliphatic hydroxyl groups is 1. The van der Waals surface area contributed by atoms with Gasteiger partial charge in [-0.3, -0.25) is 4.79 Å². The first-order chi connectivity index (χ1) is 9.24. The van der Waals surface area contributed by atoms with Crippen molar-refractivity contribution in [3.63, 3.8) is 0 Å². The summed E-state index contributed by atoms with van der Waals surface area (Å²) >= 11 is 0. The molecule has 19 heavy (non-hydrogen) atoms. The normalized spacial score (nSPS) is 11.8. The Morgan fingerprint density at radius 2 is 1.58 bits per heavy atom. The summed E-state index contributed by atoms with van der Waals surface area (Å²) in [5.41, 5.74) is 7.00. The molecule has 0 saturated carbocycles. The minimum absolute atomic E-state index is 0.285. The average Bonchev–Trinajstić information content (AvgIpc) is 2.46. The van der Waals surface area contributed by atoms with Crippen molar-refractivity contribution in [1.82, 2.24) is 0 Å². The summed E-state index contributed by atoms with van der Waals surface area (Å²) in [5, 5.41) is 9.58. The van der Waals surface area contributed by atoms with Crippen molar-refractivity contribution in [3.8, 4) is 0 Å². The molecule has 1 amide bonds. The molecular weight excluding hydrogens is 240 g/mol. The summed E-state index contributed by atoms with van der Waals surface area (Å²) < 4.78 is 0. The topological polar surface area (TPSA) is 66.6 Å². The molecule has 4 heteroatoms. The number of aliphatic hydroxyl groups excluding tert-OH is 1. The molecule has 3 N–H and O–H groups in total. The van der Waals surface area contributed by atoms with Crippen LogP contribution in [0.2, 0.25) is 0 Å². The van der Waals surface area contributed by atoms with Crippen molar-refractivity contribution in [1.29, 1.82) is 0 Å². The molecule has 1 unspecified atom stereocenters. The molecule has 0 aliphatic heterocycles. The number of primary amides is 1. The van der Waals surface area contributed by atoms with Crippen LogP contribution in [-0.2, 0) is 4.79 Å². The van der Waals surface area contributed by atoms with Gasteiger partial charge in [-0.05, 0) is 17.7 Å². The van der Waals surface area contributed by atoms with Crippen molar-refractivity contribution in [2.75, 3.05) is 11.6 Å². The first kappa shape index (κ1) is 13.1. The quantitative estimate of drug-likeness (QED) is 0.800. The molecule has 0 aromatic heterocycles. The SMILES string of the molecule is NC(=O)C(c1ccccc1)N(CO)c1ccccc1. The van der Waals surface area contributed by atoms with Gasteiger partial charge in [0.05, 0.1) is 0 Å². The van der Waals surface area contributed by atoms with E-state index in [1.54, 1.807) is 4.90 Å². The second-order valence-corrected chi connectivity index (χ2v) is 4.16. The minimum Gasteiger partial charge on any atom is -0.376 e. The molecule has 2 aromatic carbocycles. The number of hydrogen-bond acceptors (Lipinski definition) is 3. The van der Waals surface area contributed by atoms with Crippen LogP contribution in [0, 0.1) is 0 Å². The van der Waals surface area contributed by atoms with E-state index in [0.717, 1.165) is 11.3 Å². The van der Waals surface area contributed by atoms with Crippen molar-refractivity contribution in [2.45, 2.75) is 6.04 Å². The molecule has 0 aliphatic carbocycles. The number of amides is 1. The Hall–Kier alpha value is -2.33. The molecule has 2 aromatic rings. The Balaban J connectivity index is 2.41. The maximum absolute atomic E-state index is 11.7. The van der Waals surface area contributed by atoms with Gasteiger partial charge < -0.3 is 15.7 Å². The van der Waals surface area contributed by atoms with E-state index < -0.39 is 11.9 Å². The van der Waals surface area contributed by atoms with E-state index in [2.05, 4.69) is 0 Å². The highest BCUT2D eigenvalue weighted by Crippen LogP contribution is 2.26. The lowest BCUT2D eigenvalue weighted by atomic mass is 10.0. The van der Waals surface area contributed by atoms with Crippen LogP contribution in [0.25, 0.3) is 0 Å².